The second kappa shape index (κ2) is 10.5. The molecule has 0 aromatic heterocycles. The van der Waals surface area contributed by atoms with Gasteiger partial charge >= 0.3 is 6.18 Å². The number of alkyl halides is 3. The summed E-state index contributed by atoms with van der Waals surface area (Å²) in [5, 5.41) is 3.23. The van der Waals surface area contributed by atoms with Crippen LogP contribution in [-0.4, -0.2) is 44.4 Å². The molecule has 1 aliphatic heterocycles. The van der Waals surface area contributed by atoms with Gasteiger partial charge in [0, 0.05) is 44.7 Å². The van der Waals surface area contributed by atoms with E-state index in [9.17, 15) is 13.2 Å². The average molecular weight is 470 g/mol. The van der Waals surface area contributed by atoms with Gasteiger partial charge in [-0.3, -0.25) is 4.90 Å². The van der Waals surface area contributed by atoms with Crippen LogP contribution in [0.25, 0.3) is 0 Å². The maximum absolute atomic E-state index is 14.0. The van der Waals surface area contributed by atoms with E-state index < -0.39 is 17.8 Å². The van der Waals surface area contributed by atoms with Gasteiger partial charge < -0.3 is 15.0 Å². The van der Waals surface area contributed by atoms with E-state index in [1.165, 1.54) is 6.07 Å². The Hall–Kier alpha value is -3.03. The predicted octanol–water partition coefficient (Wildman–Crippen LogP) is 6.02. The number of anilines is 2. The minimum Gasteiger partial charge on any atom is -0.374 e. The van der Waals surface area contributed by atoms with Crippen molar-refractivity contribution in [1.82, 2.24) is 4.90 Å². The van der Waals surface area contributed by atoms with Crippen LogP contribution >= 0.6 is 0 Å². The SMILES string of the molecule is COC(C)N1CCN(c2ccc(C(F)(F)F)c(NC(c3ccccc3)c3ccccc3)c2)CC1. The van der Waals surface area contributed by atoms with E-state index in [0.717, 1.165) is 43.0 Å². The van der Waals surface area contributed by atoms with Crippen LogP contribution in [0, 0.1) is 0 Å². The van der Waals surface area contributed by atoms with Crippen LogP contribution in [-0.2, 0) is 10.9 Å². The molecular formula is C27H30F3N3O. The monoisotopic (exact) mass is 469 g/mol. The zero-order chi connectivity index (χ0) is 24.1. The fraction of sp³-hybridized carbons (Fsp3) is 0.333. The van der Waals surface area contributed by atoms with Crippen LogP contribution in [0.15, 0.2) is 78.9 Å². The summed E-state index contributed by atoms with van der Waals surface area (Å²) in [4.78, 5) is 4.35. The summed E-state index contributed by atoms with van der Waals surface area (Å²) in [5.41, 5.74) is 1.99. The Kier molecular flexibility index (Phi) is 7.44. The van der Waals surface area contributed by atoms with Gasteiger partial charge in [0.2, 0.25) is 0 Å². The normalized spacial score (nSPS) is 16.0. The first-order valence-electron chi connectivity index (χ1n) is 11.5. The highest BCUT2D eigenvalue weighted by Gasteiger charge is 2.35. The van der Waals surface area contributed by atoms with Gasteiger partial charge in [-0.15, -0.1) is 0 Å². The average Bonchev–Trinajstić information content (AvgIpc) is 2.87. The first-order valence-corrected chi connectivity index (χ1v) is 11.5. The van der Waals surface area contributed by atoms with E-state index in [-0.39, 0.29) is 11.9 Å². The van der Waals surface area contributed by atoms with E-state index >= 15 is 0 Å². The number of hydrogen-bond donors (Lipinski definition) is 1. The summed E-state index contributed by atoms with van der Waals surface area (Å²) in [5.74, 6) is 0. The lowest BCUT2D eigenvalue weighted by Crippen LogP contribution is -2.50. The van der Waals surface area contributed by atoms with E-state index in [0.29, 0.717) is 0 Å². The minimum absolute atomic E-state index is 0.0180. The first kappa shape index (κ1) is 24.1. The van der Waals surface area contributed by atoms with Crippen LogP contribution in [0.1, 0.15) is 29.7 Å². The topological polar surface area (TPSA) is 27.7 Å². The maximum Gasteiger partial charge on any atom is 0.418 e. The molecule has 4 nitrogen and oxygen atoms in total. The molecule has 0 radical (unpaired) electrons. The summed E-state index contributed by atoms with van der Waals surface area (Å²) >= 11 is 0. The van der Waals surface area contributed by atoms with Gasteiger partial charge in [-0.2, -0.15) is 13.2 Å². The molecule has 0 spiro atoms. The third-order valence-corrected chi connectivity index (χ3v) is 6.41. The number of hydrogen-bond acceptors (Lipinski definition) is 4. The van der Waals surface area contributed by atoms with Crippen LogP contribution in [0.5, 0.6) is 0 Å². The van der Waals surface area contributed by atoms with E-state index in [1.807, 2.05) is 67.6 Å². The smallest absolute Gasteiger partial charge is 0.374 e. The van der Waals surface area contributed by atoms with Gasteiger partial charge in [-0.05, 0) is 36.2 Å². The molecule has 1 atom stereocenters. The van der Waals surface area contributed by atoms with Crippen molar-refractivity contribution >= 4 is 11.4 Å². The summed E-state index contributed by atoms with van der Waals surface area (Å²) < 4.78 is 47.4. The van der Waals surface area contributed by atoms with Crippen LogP contribution in [0.3, 0.4) is 0 Å². The highest BCUT2D eigenvalue weighted by atomic mass is 19.4. The molecule has 1 unspecified atom stereocenters. The molecule has 1 N–H and O–H groups in total. The van der Waals surface area contributed by atoms with Gasteiger partial charge in [-0.25, -0.2) is 0 Å². The number of ether oxygens (including phenoxy) is 1. The third kappa shape index (κ3) is 5.54. The van der Waals surface area contributed by atoms with Gasteiger partial charge in [0.05, 0.1) is 11.6 Å². The molecule has 180 valence electrons. The van der Waals surface area contributed by atoms with Crippen molar-refractivity contribution in [3.8, 4) is 0 Å². The number of piperazine rings is 1. The molecule has 0 bridgehead atoms. The molecule has 3 aromatic carbocycles. The largest absolute Gasteiger partial charge is 0.418 e. The van der Waals surface area contributed by atoms with Crippen molar-refractivity contribution in [2.24, 2.45) is 0 Å². The quantitative estimate of drug-likeness (QED) is 0.458. The summed E-state index contributed by atoms with van der Waals surface area (Å²) in [7, 11) is 1.68. The first-order chi connectivity index (χ1) is 16.4. The highest BCUT2D eigenvalue weighted by Crippen LogP contribution is 2.39. The zero-order valence-electron chi connectivity index (χ0n) is 19.4. The second-order valence-electron chi connectivity index (χ2n) is 8.48. The number of nitrogens with one attached hydrogen (secondary N) is 1. The minimum atomic E-state index is -4.47. The molecule has 4 rings (SSSR count). The van der Waals surface area contributed by atoms with Crippen LogP contribution in [0.4, 0.5) is 24.5 Å². The van der Waals surface area contributed by atoms with Crippen molar-refractivity contribution in [2.75, 3.05) is 43.5 Å². The Morgan fingerprint density at radius 3 is 1.88 bits per heavy atom. The summed E-state index contributed by atoms with van der Waals surface area (Å²) in [6.45, 7) is 5.02. The highest BCUT2D eigenvalue weighted by molar-refractivity contribution is 5.65. The molecule has 3 aromatic rings. The van der Waals surface area contributed by atoms with Gasteiger partial charge in [-0.1, -0.05) is 60.7 Å². The molecule has 1 aliphatic rings. The van der Waals surface area contributed by atoms with E-state index in [4.69, 9.17) is 4.74 Å². The Bertz CT molecular complexity index is 1010. The number of halogens is 3. The molecule has 7 heteroatoms. The van der Waals surface area contributed by atoms with E-state index in [2.05, 4.69) is 15.1 Å². The molecule has 1 heterocycles. The Balaban J connectivity index is 1.66. The van der Waals surface area contributed by atoms with Gasteiger partial charge in [0.15, 0.2) is 0 Å². The van der Waals surface area contributed by atoms with Gasteiger partial charge in [0.1, 0.15) is 6.23 Å². The lowest BCUT2D eigenvalue weighted by Gasteiger charge is -2.38. The lowest BCUT2D eigenvalue weighted by atomic mass is 9.97. The number of benzene rings is 3. The van der Waals surface area contributed by atoms with E-state index in [1.54, 1.807) is 19.2 Å². The number of methoxy groups -OCH3 is 1. The van der Waals surface area contributed by atoms with Crippen molar-refractivity contribution in [2.45, 2.75) is 25.4 Å². The van der Waals surface area contributed by atoms with Crippen molar-refractivity contribution in [1.29, 1.82) is 0 Å². The molecule has 0 amide bonds. The van der Waals surface area contributed by atoms with Crippen molar-refractivity contribution in [3.05, 3.63) is 95.6 Å². The Labute approximate surface area is 199 Å². The summed E-state index contributed by atoms with van der Waals surface area (Å²) in [6.07, 6.45) is -4.45. The zero-order valence-corrected chi connectivity index (χ0v) is 19.4. The predicted molar refractivity (Wildman–Crippen MR) is 130 cm³/mol. The summed E-state index contributed by atoms with van der Waals surface area (Å²) in [6, 6.07) is 23.1. The molecule has 34 heavy (non-hydrogen) atoms. The molecular weight excluding hydrogens is 439 g/mol. The van der Waals surface area contributed by atoms with Crippen molar-refractivity contribution < 1.29 is 17.9 Å². The number of rotatable bonds is 7. The molecule has 0 saturated carbocycles. The standard InChI is InChI=1S/C27H30F3N3O/c1-20(34-2)32-15-17-33(18-16-32)23-13-14-24(27(28,29)30)25(19-23)31-26(21-9-5-3-6-10-21)22-11-7-4-8-12-22/h3-14,19-20,26,31H,15-18H2,1-2H3. The van der Waals surface area contributed by atoms with Crippen LogP contribution < -0.4 is 10.2 Å². The maximum atomic E-state index is 14.0. The lowest BCUT2D eigenvalue weighted by molar-refractivity contribution is -0.137. The molecule has 0 aliphatic carbocycles. The fourth-order valence-electron chi connectivity index (χ4n) is 4.39. The van der Waals surface area contributed by atoms with Crippen LogP contribution in [0.2, 0.25) is 0 Å². The molecule has 1 saturated heterocycles. The van der Waals surface area contributed by atoms with Crippen molar-refractivity contribution in [3.63, 3.8) is 0 Å². The Morgan fingerprint density at radius 2 is 1.38 bits per heavy atom. The fourth-order valence-corrected chi connectivity index (χ4v) is 4.39. The third-order valence-electron chi connectivity index (χ3n) is 6.41. The number of nitrogens with zero attached hydrogens (tertiary/aromatic N) is 2. The Morgan fingerprint density at radius 1 is 0.824 bits per heavy atom. The molecule has 1 fully saturated rings. The van der Waals surface area contributed by atoms with Gasteiger partial charge in [0.25, 0.3) is 0 Å². The second-order valence-corrected chi connectivity index (χ2v) is 8.48.